The molecule has 1 unspecified atom stereocenters. The van der Waals surface area contributed by atoms with E-state index in [1.165, 1.54) is 0 Å². The zero-order chi connectivity index (χ0) is 20.8. The molecular weight excluding hydrogens is 370 g/mol. The molecule has 0 fully saturated rings. The summed E-state index contributed by atoms with van der Waals surface area (Å²) in [4.78, 5) is 36.8. The summed E-state index contributed by atoms with van der Waals surface area (Å²) >= 11 is 0. The number of carbonyl (C=O) groups excluding carboxylic acids is 2. The van der Waals surface area contributed by atoms with Crippen molar-refractivity contribution >= 4 is 11.8 Å². The number of amides is 2. The maximum atomic E-state index is 12.5. The lowest BCUT2D eigenvalue weighted by Gasteiger charge is -2.16. The fourth-order valence-corrected chi connectivity index (χ4v) is 3.43. The molecule has 1 atom stereocenters. The fraction of sp³-hybridized carbons (Fsp3) is 0.524. The maximum absolute atomic E-state index is 12.5. The molecule has 1 aliphatic rings. The number of aromatic nitrogens is 3. The molecule has 0 saturated heterocycles. The predicted octanol–water partition coefficient (Wildman–Crippen LogP) is 1.34. The van der Waals surface area contributed by atoms with Gasteiger partial charge in [0, 0.05) is 31.1 Å². The van der Waals surface area contributed by atoms with E-state index in [9.17, 15) is 14.4 Å². The first-order valence-electron chi connectivity index (χ1n) is 10.2. The Morgan fingerprint density at radius 1 is 1.21 bits per heavy atom. The topological polar surface area (TPSA) is 98.0 Å². The van der Waals surface area contributed by atoms with E-state index in [-0.39, 0.29) is 30.1 Å². The van der Waals surface area contributed by atoms with Crippen LogP contribution in [0.1, 0.15) is 49.3 Å². The number of benzene rings is 1. The molecule has 3 rings (SSSR count). The number of hydrogen-bond donors (Lipinski definition) is 2. The molecule has 0 radical (unpaired) electrons. The highest BCUT2D eigenvalue weighted by molar-refractivity contribution is 5.96. The minimum Gasteiger partial charge on any atom is -0.352 e. The zero-order valence-corrected chi connectivity index (χ0v) is 17.1. The van der Waals surface area contributed by atoms with Crippen LogP contribution in [0.5, 0.6) is 0 Å². The molecule has 2 heterocycles. The smallest absolute Gasteiger partial charge is 0.345 e. The van der Waals surface area contributed by atoms with Gasteiger partial charge >= 0.3 is 5.69 Å². The number of fused-ring (bicyclic) bond motifs is 1. The highest BCUT2D eigenvalue weighted by Gasteiger charge is 2.22. The summed E-state index contributed by atoms with van der Waals surface area (Å²) < 4.78 is 3.29. The van der Waals surface area contributed by atoms with E-state index in [2.05, 4.69) is 29.6 Å². The fourth-order valence-electron chi connectivity index (χ4n) is 3.43. The molecule has 8 heteroatoms. The molecule has 156 valence electrons. The number of carbonyl (C=O) groups is 2. The van der Waals surface area contributed by atoms with Crippen LogP contribution in [0.3, 0.4) is 0 Å². The predicted molar refractivity (Wildman–Crippen MR) is 110 cm³/mol. The lowest BCUT2D eigenvalue weighted by molar-refractivity contribution is -0.120. The molecule has 0 bridgehead atoms. The Labute approximate surface area is 170 Å². The summed E-state index contributed by atoms with van der Waals surface area (Å²) in [6, 6.07) is 8.75. The molecule has 1 aromatic heterocycles. The van der Waals surface area contributed by atoms with Gasteiger partial charge in [-0.15, -0.1) is 0 Å². The van der Waals surface area contributed by atoms with Crippen LogP contribution in [0.2, 0.25) is 0 Å². The molecule has 1 aromatic carbocycles. The van der Waals surface area contributed by atoms with Gasteiger partial charge in [0.15, 0.2) is 0 Å². The van der Waals surface area contributed by atoms with Gasteiger partial charge in [0.05, 0.1) is 6.54 Å². The van der Waals surface area contributed by atoms with Gasteiger partial charge in [0.25, 0.3) is 5.91 Å². The second-order valence-corrected chi connectivity index (χ2v) is 7.90. The van der Waals surface area contributed by atoms with Crippen LogP contribution >= 0.6 is 0 Å². The van der Waals surface area contributed by atoms with E-state index in [4.69, 9.17) is 0 Å². The van der Waals surface area contributed by atoms with Crippen LogP contribution < -0.4 is 16.3 Å². The van der Waals surface area contributed by atoms with Crippen molar-refractivity contribution in [2.24, 2.45) is 5.92 Å². The molecule has 1 aliphatic heterocycles. The summed E-state index contributed by atoms with van der Waals surface area (Å²) in [6.07, 6.45) is 2.95. The molecule has 8 nitrogen and oxygen atoms in total. The quantitative estimate of drug-likeness (QED) is 0.734. The summed E-state index contributed by atoms with van der Waals surface area (Å²) in [6.45, 7) is 5.36. The molecule has 2 amide bonds. The van der Waals surface area contributed by atoms with E-state index < -0.39 is 0 Å². The molecular formula is C21H29N5O3. The van der Waals surface area contributed by atoms with Gasteiger partial charge in [-0.3, -0.25) is 14.2 Å². The monoisotopic (exact) mass is 399 g/mol. The van der Waals surface area contributed by atoms with E-state index in [1.807, 2.05) is 6.07 Å². The highest BCUT2D eigenvalue weighted by Crippen LogP contribution is 2.12. The Morgan fingerprint density at radius 2 is 1.97 bits per heavy atom. The average molecular weight is 399 g/mol. The SMILES string of the molecule is CC(C)CCn1nc2n(c1=O)CCC(NC(=O)CNC(=O)c1ccccc1)CC2. The zero-order valence-electron chi connectivity index (χ0n) is 17.1. The molecule has 2 N–H and O–H groups in total. The third-order valence-electron chi connectivity index (χ3n) is 5.15. The number of aryl methyl sites for hydroxylation is 2. The van der Waals surface area contributed by atoms with Crippen molar-refractivity contribution in [3.05, 3.63) is 52.2 Å². The second-order valence-electron chi connectivity index (χ2n) is 7.90. The Bertz CT molecular complexity index is 901. The Morgan fingerprint density at radius 3 is 2.69 bits per heavy atom. The second kappa shape index (κ2) is 9.54. The van der Waals surface area contributed by atoms with E-state index in [0.717, 1.165) is 18.7 Å². The van der Waals surface area contributed by atoms with Crippen LogP contribution in [-0.2, 0) is 24.3 Å². The first kappa shape index (κ1) is 20.8. The van der Waals surface area contributed by atoms with Crippen molar-refractivity contribution in [3.63, 3.8) is 0 Å². The van der Waals surface area contributed by atoms with E-state index in [1.54, 1.807) is 33.5 Å². The van der Waals surface area contributed by atoms with Crippen molar-refractivity contribution in [1.82, 2.24) is 25.0 Å². The lowest BCUT2D eigenvalue weighted by Crippen LogP contribution is -2.42. The molecule has 2 aromatic rings. The molecule has 0 spiro atoms. The van der Waals surface area contributed by atoms with Gasteiger partial charge in [-0.2, -0.15) is 5.10 Å². The van der Waals surface area contributed by atoms with Crippen molar-refractivity contribution < 1.29 is 9.59 Å². The van der Waals surface area contributed by atoms with Crippen LogP contribution in [0.15, 0.2) is 35.1 Å². The number of nitrogens with one attached hydrogen (secondary N) is 2. The van der Waals surface area contributed by atoms with Gasteiger partial charge in [0.1, 0.15) is 5.82 Å². The highest BCUT2D eigenvalue weighted by atomic mass is 16.2. The molecule has 0 saturated carbocycles. The number of nitrogens with zero attached hydrogens (tertiary/aromatic N) is 3. The van der Waals surface area contributed by atoms with Gasteiger partial charge in [0.2, 0.25) is 5.91 Å². The van der Waals surface area contributed by atoms with Crippen LogP contribution in [-0.4, -0.2) is 38.7 Å². The summed E-state index contributed by atoms with van der Waals surface area (Å²) in [5, 5.41) is 10.1. The van der Waals surface area contributed by atoms with Crippen LogP contribution in [0, 0.1) is 5.92 Å². The number of hydrogen-bond acceptors (Lipinski definition) is 4. The maximum Gasteiger partial charge on any atom is 0.345 e. The van der Waals surface area contributed by atoms with Crippen molar-refractivity contribution in [1.29, 1.82) is 0 Å². The first-order chi connectivity index (χ1) is 13.9. The van der Waals surface area contributed by atoms with Crippen molar-refractivity contribution in [3.8, 4) is 0 Å². The normalized spacial score (nSPS) is 16.2. The minimum atomic E-state index is -0.274. The van der Waals surface area contributed by atoms with Gasteiger partial charge in [-0.1, -0.05) is 32.0 Å². The molecule has 0 aliphatic carbocycles. The number of rotatable bonds is 7. The molecule has 29 heavy (non-hydrogen) atoms. The van der Waals surface area contributed by atoms with Crippen molar-refractivity contribution in [2.45, 2.75) is 58.7 Å². The average Bonchev–Trinajstić information content (AvgIpc) is 2.88. The summed E-state index contributed by atoms with van der Waals surface area (Å²) in [5.74, 6) is 0.801. The Kier molecular flexibility index (Phi) is 6.85. The first-order valence-corrected chi connectivity index (χ1v) is 10.2. The standard InChI is InChI=1S/C21H29N5O3/c1-15(2)10-13-26-21(29)25-12-11-17(8-9-18(25)24-26)23-19(27)14-22-20(28)16-6-4-3-5-7-16/h3-7,15,17H,8-14H2,1-2H3,(H,22,28)(H,23,27). The minimum absolute atomic E-state index is 0.0404. The largest absolute Gasteiger partial charge is 0.352 e. The van der Waals surface area contributed by atoms with E-state index >= 15 is 0 Å². The Hall–Kier alpha value is -2.90. The van der Waals surface area contributed by atoms with Gasteiger partial charge in [-0.05, 0) is 37.3 Å². The Balaban J connectivity index is 1.49. The van der Waals surface area contributed by atoms with Crippen LogP contribution in [0.4, 0.5) is 0 Å². The van der Waals surface area contributed by atoms with Gasteiger partial charge in [-0.25, -0.2) is 9.48 Å². The summed E-state index contributed by atoms with van der Waals surface area (Å²) in [5.41, 5.74) is 0.455. The van der Waals surface area contributed by atoms with E-state index in [0.29, 0.717) is 37.4 Å². The summed E-state index contributed by atoms with van der Waals surface area (Å²) in [7, 11) is 0. The van der Waals surface area contributed by atoms with Gasteiger partial charge < -0.3 is 10.6 Å². The van der Waals surface area contributed by atoms with Crippen LogP contribution in [0.25, 0.3) is 0 Å². The van der Waals surface area contributed by atoms with Crippen molar-refractivity contribution in [2.75, 3.05) is 6.54 Å². The lowest BCUT2D eigenvalue weighted by atomic mass is 10.1. The third-order valence-corrected chi connectivity index (χ3v) is 5.15. The third kappa shape index (κ3) is 5.56.